The van der Waals surface area contributed by atoms with Gasteiger partial charge in [0.2, 0.25) is 15.9 Å². The predicted molar refractivity (Wildman–Crippen MR) is 108 cm³/mol. The smallest absolute Gasteiger partial charge is 0.244 e. The van der Waals surface area contributed by atoms with E-state index in [4.69, 9.17) is 0 Å². The van der Waals surface area contributed by atoms with E-state index in [0.717, 1.165) is 6.54 Å². The zero-order valence-corrected chi connectivity index (χ0v) is 17.9. The van der Waals surface area contributed by atoms with Gasteiger partial charge < -0.3 is 10.2 Å². The van der Waals surface area contributed by atoms with Crippen LogP contribution in [0.25, 0.3) is 0 Å². The normalized spacial score (nSPS) is 16.7. The lowest BCUT2D eigenvalue weighted by atomic mass is 9.91. The second-order valence-electron chi connectivity index (χ2n) is 8.41. The maximum atomic E-state index is 12.9. The fourth-order valence-corrected chi connectivity index (χ4v) is 5.28. The number of sulfonamides is 1. The molecule has 1 saturated heterocycles. The Balaban J connectivity index is 1.95. The van der Waals surface area contributed by atoms with E-state index in [1.54, 1.807) is 12.1 Å². The van der Waals surface area contributed by atoms with Gasteiger partial charge in [-0.15, -0.1) is 0 Å². The molecule has 28 heavy (non-hydrogen) atoms. The number of nitrogens with one attached hydrogen (secondary N) is 1. The molecule has 1 N–H and O–H groups in total. The molecule has 1 aromatic rings. The first kappa shape index (κ1) is 22.3. The third kappa shape index (κ3) is 5.53. The van der Waals surface area contributed by atoms with Crippen molar-refractivity contribution in [3.05, 3.63) is 29.8 Å². The third-order valence-electron chi connectivity index (χ3n) is 4.94. The van der Waals surface area contributed by atoms with Crippen molar-refractivity contribution in [2.24, 2.45) is 11.3 Å². The van der Waals surface area contributed by atoms with Crippen molar-refractivity contribution >= 4 is 15.9 Å². The van der Waals surface area contributed by atoms with Crippen LogP contribution in [0.3, 0.4) is 0 Å². The Morgan fingerprint density at radius 3 is 2.46 bits per heavy atom. The number of piperidine rings is 1. The number of rotatable bonds is 7. The highest BCUT2D eigenvalue weighted by molar-refractivity contribution is 7.89. The first-order valence-electron chi connectivity index (χ1n) is 9.48. The molecule has 0 bridgehead atoms. The summed E-state index contributed by atoms with van der Waals surface area (Å²) < 4.78 is 27.1. The van der Waals surface area contributed by atoms with Gasteiger partial charge in [-0.3, -0.25) is 4.79 Å². The highest BCUT2D eigenvalue weighted by atomic mass is 32.2. The molecule has 1 aromatic carbocycles. The van der Waals surface area contributed by atoms with Crippen molar-refractivity contribution < 1.29 is 13.2 Å². The zero-order chi connectivity index (χ0) is 20.9. The lowest BCUT2D eigenvalue weighted by molar-refractivity contribution is -0.126. The number of nitrogens with zero attached hydrogens (tertiary/aromatic N) is 3. The summed E-state index contributed by atoms with van der Waals surface area (Å²) in [4.78, 5) is 14.6. The van der Waals surface area contributed by atoms with Crippen molar-refractivity contribution in [1.29, 1.82) is 5.26 Å². The monoisotopic (exact) mass is 406 g/mol. The van der Waals surface area contributed by atoms with Crippen LogP contribution in [-0.2, 0) is 14.8 Å². The van der Waals surface area contributed by atoms with E-state index < -0.39 is 10.0 Å². The van der Waals surface area contributed by atoms with Crippen LogP contribution in [0.15, 0.2) is 29.2 Å². The molecule has 1 fully saturated rings. The van der Waals surface area contributed by atoms with Gasteiger partial charge in [-0.25, -0.2) is 8.42 Å². The number of carbonyl (C=O) groups is 1. The summed E-state index contributed by atoms with van der Waals surface area (Å²) in [5.41, 5.74) is 0.106. The fraction of sp³-hybridized carbons (Fsp3) is 0.600. The molecule has 7 nitrogen and oxygen atoms in total. The minimum Gasteiger partial charge on any atom is -0.355 e. The Morgan fingerprint density at radius 1 is 1.29 bits per heavy atom. The maximum absolute atomic E-state index is 12.9. The highest BCUT2D eigenvalue weighted by Gasteiger charge is 2.33. The number of hydrogen-bond acceptors (Lipinski definition) is 5. The molecule has 0 unspecified atom stereocenters. The van der Waals surface area contributed by atoms with Gasteiger partial charge in [0.1, 0.15) is 6.07 Å². The quantitative estimate of drug-likeness (QED) is 0.743. The summed E-state index contributed by atoms with van der Waals surface area (Å²) in [5.74, 6) is -0.200. The summed E-state index contributed by atoms with van der Waals surface area (Å²) in [5, 5.41) is 12.2. The summed E-state index contributed by atoms with van der Waals surface area (Å²) in [6, 6.07) is 8.16. The van der Waals surface area contributed by atoms with Crippen LogP contribution in [0.5, 0.6) is 0 Å². The zero-order valence-electron chi connectivity index (χ0n) is 17.1. The topological polar surface area (TPSA) is 93.5 Å². The molecule has 1 aliphatic heterocycles. The molecular formula is C20H30N4O3S. The van der Waals surface area contributed by atoms with Gasteiger partial charge in [0.15, 0.2) is 0 Å². The van der Waals surface area contributed by atoms with Gasteiger partial charge in [-0.1, -0.05) is 26.0 Å². The van der Waals surface area contributed by atoms with Gasteiger partial charge >= 0.3 is 0 Å². The van der Waals surface area contributed by atoms with Crippen molar-refractivity contribution in [2.75, 3.05) is 40.3 Å². The molecule has 0 radical (unpaired) electrons. The van der Waals surface area contributed by atoms with Gasteiger partial charge in [0, 0.05) is 32.1 Å². The van der Waals surface area contributed by atoms with E-state index in [1.807, 2.05) is 20.2 Å². The Labute approximate surface area is 168 Å². The van der Waals surface area contributed by atoms with Crippen molar-refractivity contribution in [2.45, 2.75) is 31.6 Å². The Kier molecular flexibility index (Phi) is 7.21. The van der Waals surface area contributed by atoms with Crippen LogP contribution in [0, 0.1) is 22.7 Å². The molecule has 0 spiro atoms. The lowest BCUT2D eigenvalue weighted by Gasteiger charge is -2.32. The van der Waals surface area contributed by atoms with E-state index in [9.17, 15) is 18.5 Å². The Morgan fingerprint density at radius 2 is 1.89 bits per heavy atom. The van der Waals surface area contributed by atoms with Gasteiger partial charge in [-0.2, -0.15) is 9.57 Å². The van der Waals surface area contributed by atoms with Crippen molar-refractivity contribution in [3.63, 3.8) is 0 Å². The predicted octanol–water partition coefficient (Wildman–Crippen LogP) is 1.66. The summed E-state index contributed by atoms with van der Waals surface area (Å²) in [6.45, 7) is 6.22. The second kappa shape index (κ2) is 9.03. The van der Waals surface area contributed by atoms with Crippen molar-refractivity contribution in [3.8, 4) is 6.07 Å². The fourth-order valence-electron chi connectivity index (χ4n) is 3.66. The van der Waals surface area contributed by atoms with E-state index in [-0.39, 0.29) is 40.8 Å². The molecule has 154 valence electrons. The minimum absolute atomic E-state index is 0.0127. The van der Waals surface area contributed by atoms with Crippen LogP contribution in [0.1, 0.15) is 32.3 Å². The number of amides is 1. The minimum atomic E-state index is -3.73. The molecule has 0 aliphatic carbocycles. The summed E-state index contributed by atoms with van der Waals surface area (Å²) in [7, 11) is 0.279. The molecule has 8 heteroatoms. The molecule has 1 heterocycles. The second-order valence-corrected chi connectivity index (χ2v) is 10.3. The van der Waals surface area contributed by atoms with E-state index >= 15 is 0 Å². The van der Waals surface area contributed by atoms with E-state index in [1.165, 1.54) is 16.4 Å². The molecular weight excluding hydrogens is 376 g/mol. The van der Waals surface area contributed by atoms with Gasteiger partial charge in [0.05, 0.1) is 10.5 Å². The lowest BCUT2D eigenvalue weighted by Crippen LogP contribution is -2.46. The number of hydrogen-bond donors (Lipinski definition) is 1. The number of nitriles is 1. The Bertz CT molecular complexity index is 835. The molecule has 0 saturated carbocycles. The summed E-state index contributed by atoms with van der Waals surface area (Å²) in [6.07, 6.45) is 0.960. The number of benzene rings is 1. The largest absolute Gasteiger partial charge is 0.355 e. The molecule has 0 atom stereocenters. The molecule has 0 aromatic heterocycles. The summed E-state index contributed by atoms with van der Waals surface area (Å²) >= 11 is 0. The van der Waals surface area contributed by atoms with Crippen LogP contribution < -0.4 is 5.32 Å². The average molecular weight is 407 g/mol. The SMILES string of the molecule is CN(C)CC(C)(C)CNC(=O)C1CCN(S(=O)(=O)c2ccccc2C#N)CC1. The highest BCUT2D eigenvalue weighted by Crippen LogP contribution is 2.26. The van der Waals surface area contributed by atoms with Gasteiger partial charge in [-0.05, 0) is 44.5 Å². The standard InChI is InChI=1S/C20H30N4O3S/c1-20(2,15-23(3)4)14-22-19(25)16-9-11-24(12-10-16)28(26,27)18-8-6-5-7-17(18)13-21/h5-8,16H,9-12,14-15H2,1-4H3,(H,22,25). The molecule has 2 rings (SSSR count). The average Bonchev–Trinajstić information content (AvgIpc) is 2.65. The van der Waals surface area contributed by atoms with Crippen LogP contribution in [-0.4, -0.2) is 63.8 Å². The number of carbonyl (C=O) groups excluding carboxylic acids is 1. The van der Waals surface area contributed by atoms with Gasteiger partial charge in [0.25, 0.3) is 0 Å². The van der Waals surface area contributed by atoms with Crippen LogP contribution in [0.4, 0.5) is 0 Å². The van der Waals surface area contributed by atoms with E-state index in [2.05, 4.69) is 24.1 Å². The van der Waals surface area contributed by atoms with E-state index in [0.29, 0.717) is 19.4 Å². The van der Waals surface area contributed by atoms with Crippen LogP contribution >= 0.6 is 0 Å². The first-order chi connectivity index (χ1) is 13.1. The third-order valence-corrected chi connectivity index (χ3v) is 6.89. The van der Waals surface area contributed by atoms with Crippen molar-refractivity contribution in [1.82, 2.24) is 14.5 Å². The Hall–Kier alpha value is -1.95. The van der Waals surface area contributed by atoms with Crippen LogP contribution in [0.2, 0.25) is 0 Å². The molecule has 1 amide bonds. The first-order valence-corrected chi connectivity index (χ1v) is 10.9. The maximum Gasteiger partial charge on any atom is 0.244 e. The molecule has 1 aliphatic rings.